The Morgan fingerprint density at radius 3 is 2.70 bits per heavy atom. The van der Waals surface area contributed by atoms with Gasteiger partial charge in [0, 0.05) is 38.8 Å². The number of piperazine rings is 1. The highest BCUT2D eigenvalue weighted by Gasteiger charge is 2.30. The molecule has 1 saturated heterocycles. The number of nitrogens with zero attached hydrogens (tertiary/aromatic N) is 5. The molecule has 0 radical (unpaired) electrons. The summed E-state index contributed by atoms with van der Waals surface area (Å²) in [6.07, 6.45) is 4.39. The number of rotatable bonds is 5. The summed E-state index contributed by atoms with van der Waals surface area (Å²) in [5.74, 6) is 4.65. The van der Waals surface area contributed by atoms with Crippen LogP contribution in [0.1, 0.15) is 23.3 Å². The molecule has 1 aliphatic carbocycles. The van der Waals surface area contributed by atoms with Crippen LogP contribution in [0.4, 0.5) is 0 Å². The van der Waals surface area contributed by atoms with Crippen molar-refractivity contribution >= 4 is 5.91 Å². The Labute approximate surface area is 117 Å². The van der Waals surface area contributed by atoms with Gasteiger partial charge >= 0.3 is 0 Å². The SMILES string of the molecule is NNC(=O)c1cn(CCN2CCN(C3CC3)CC2)nn1. The van der Waals surface area contributed by atoms with Crippen molar-refractivity contribution in [2.45, 2.75) is 25.4 Å². The third-order valence-electron chi connectivity index (χ3n) is 4.02. The van der Waals surface area contributed by atoms with Crippen LogP contribution < -0.4 is 11.3 Å². The fraction of sp³-hybridized carbons (Fsp3) is 0.750. The van der Waals surface area contributed by atoms with Crippen molar-refractivity contribution in [3.05, 3.63) is 11.9 Å². The standard InChI is InChI=1S/C12H21N7O/c13-14-12(20)11-9-19(16-15-11)8-5-17-3-6-18(7-4-17)10-1-2-10/h9-10H,1-8,13H2,(H,14,20). The Bertz CT molecular complexity index is 462. The minimum atomic E-state index is -0.408. The summed E-state index contributed by atoms with van der Waals surface area (Å²) in [5, 5.41) is 7.72. The molecule has 1 amide bonds. The molecule has 110 valence electrons. The molecule has 8 heteroatoms. The first kappa shape index (κ1) is 13.5. The van der Waals surface area contributed by atoms with E-state index < -0.39 is 5.91 Å². The molecule has 3 rings (SSSR count). The van der Waals surface area contributed by atoms with Crippen LogP contribution in [0.3, 0.4) is 0 Å². The number of hydrogen-bond donors (Lipinski definition) is 2. The second-order valence-electron chi connectivity index (χ2n) is 5.45. The maximum atomic E-state index is 11.3. The molecule has 2 fully saturated rings. The second kappa shape index (κ2) is 5.86. The lowest BCUT2D eigenvalue weighted by Gasteiger charge is -2.34. The van der Waals surface area contributed by atoms with E-state index in [9.17, 15) is 4.79 Å². The third kappa shape index (κ3) is 3.14. The molecule has 8 nitrogen and oxygen atoms in total. The van der Waals surface area contributed by atoms with Crippen LogP contribution in [-0.2, 0) is 6.54 Å². The summed E-state index contributed by atoms with van der Waals surface area (Å²) < 4.78 is 1.69. The number of nitrogens with two attached hydrogens (primary N) is 1. The minimum absolute atomic E-state index is 0.256. The van der Waals surface area contributed by atoms with Gasteiger partial charge in [0.15, 0.2) is 5.69 Å². The molecular formula is C12H21N7O. The van der Waals surface area contributed by atoms with E-state index in [-0.39, 0.29) is 5.69 Å². The van der Waals surface area contributed by atoms with Gasteiger partial charge in [0.2, 0.25) is 0 Å². The molecule has 1 aromatic heterocycles. The van der Waals surface area contributed by atoms with E-state index in [2.05, 4.69) is 25.5 Å². The number of nitrogens with one attached hydrogen (secondary N) is 1. The van der Waals surface area contributed by atoms with E-state index in [1.54, 1.807) is 10.9 Å². The molecule has 0 aromatic carbocycles. The van der Waals surface area contributed by atoms with Crippen LogP contribution in [0.25, 0.3) is 0 Å². The summed E-state index contributed by atoms with van der Waals surface area (Å²) in [4.78, 5) is 16.3. The van der Waals surface area contributed by atoms with Crippen LogP contribution in [0, 0.1) is 0 Å². The van der Waals surface area contributed by atoms with Crippen molar-refractivity contribution in [3.63, 3.8) is 0 Å². The maximum Gasteiger partial charge on any atom is 0.287 e. The minimum Gasteiger partial charge on any atom is -0.299 e. The quantitative estimate of drug-likeness (QED) is 0.394. The van der Waals surface area contributed by atoms with Gasteiger partial charge in [-0.1, -0.05) is 5.21 Å². The summed E-state index contributed by atoms with van der Waals surface area (Å²) in [6, 6.07) is 0.866. The highest BCUT2D eigenvalue weighted by Crippen LogP contribution is 2.27. The fourth-order valence-electron chi connectivity index (χ4n) is 2.62. The highest BCUT2D eigenvalue weighted by atomic mass is 16.2. The normalized spacial score (nSPS) is 21.1. The van der Waals surface area contributed by atoms with Gasteiger partial charge in [-0.25, -0.2) is 5.84 Å². The molecule has 1 saturated carbocycles. The van der Waals surface area contributed by atoms with Crippen LogP contribution >= 0.6 is 0 Å². The summed E-state index contributed by atoms with van der Waals surface area (Å²) in [7, 11) is 0. The first-order valence-electron chi connectivity index (χ1n) is 7.14. The lowest BCUT2D eigenvalue weighted by Crippen LogP contribution is -2.47. The van der Waals surface area contributed by atoms with Gasteiger partial charge in [-0.15, -0.1) is 5.10 Å². The highest BCUT2D eigenvalue weighted by molar-refractivity contribution is 5.91. The van der Waals surface area contributed by atoms with Crippen molar-refractivity contribution in [2.24, 2.45) is 5.84 Å². The van der Waals surface area contributed by atoms with Gasteiger partial charge in [0.1, 0.15) is 0 Å². The molecule has 1 aliphatic heterocycles. The Hall–Kier alpha value is -1.51. The van der Waals surface area contributed by atoms with Gasteiger partial charge < -0.3 is 0 Å². The number of hydrazine groups is 1. The zero-order chi connectivity index (χ0) is 13.9. The van der Waals surface area contributed by atoms with Crippen LogP contribution in [0.5, 0.6) is 0 Å². The molecule has 0 atom stereocenters. The number of amides is 1. The molecule has 2 aliphatic rings. The molecule has 2 heterocycles. The molecule has 0 bridgehead atoms. The first-order chi connectivity index (χ1) is 9.76. The van der Waals surface area contributed by atoms with E-state index in [1.807, 2.05) is 0 Å². The monoisotopic (exact) mass is 279 g/mol. The van der Waals surface area contributed by atoms with Crippen molar-refractivity contribution in [1.82, 2.24) is 30.2 Å². The van der Waals surface area contributed by atoms with Crippen molar-refractivity contribution in [2.75, 3.05) is 32.7 Å². The smallest absolute Gasteiger partial charge is 0.287 e. The summed E-state index contributed by atoms with van der Waals surface area (Å²) >= 11 is 0. The zero-order valence-electron chi connectivity index (χ0n) is 11.5. The predicted molar refractivity (Wildman–Crippen MR) is 72.7 cm³/mol. The van der Waals surface area contributed by atoms with E-state index in [0.29, 0.717) is 0 Å². The predicted octanol–water partition coefficient (Wildman–Crippen LogP) is -1.34. The number of aromatic nitrogens is 3. The number of carbonyl (C=O) groups is 1. The lowest BCUT2D eigenvalue weighted by atomic mass is 10.3. The van der Waals surface area contributed by atoms with Gasteiger partial charge in [0.25, 0.3) is 5.91 Å². The van der Waals surface area contributed by atoms with Gasteiger partial charge in [-0.2, -0.15) is 0 Å². The largest absolute Gasteiger partial charge is 0.299 e. The van der Waals surface area contributed by atoms with E-state index in [1.165, 1.54) is 25.9 Å². The number of nitrogen functional groups attached to an aromatic ring is 1. The molecule has 1 aromatic rings. The molecule has 3 N–H and O–H groups in total. The van der Waals surface area contributed by atoms with Gasteiger partial charge in [-0.05, 0) is 12.8 Å². The molecule has 0 unspecified atom stereocenters. The average molecular weight is 279 g/mol. The molecule has 0 spiro atoms. The number of carbonyl (C=O) groups excluding carboxylic acids is 1. The Morgan fingerprint density at radius 2 is 2.05 bits per heavy atom. The fourth-order valence-corrected chi connectivity index (χ4v) is 2.62. The lowest BCUT2D eigenvalue weighted by molar-refractivity contribution is 0.0948. The van der Waals surface area contributed by atoms with Crippen LogP contribution in [0.15, 0.2) is 6.20 Å². The molecule has 20 heavy (non-hydrogen) atoms. The Morgan fingerprint density at radius 1 is 1.30 bits per heavy atom. The molecular weight excluding hydrogens is 258 g/mol. The van der Waals surface area contributed by atoms with E-state index >= 15 is 0 Å². The van der Waals surface area contributed by atoms with Crippen LogP contribution in [-0.4, -0.2) is 69.5 Å². The van der Waals surface area contributed by atoms with Crippen molar-refractivity contribution in [3.8, 4) is 0 Å². The van der Waals surface area contributed by atoms with Crippen molar-refractivity contribution < 1.29 is 4.79 Å². The van der Waals surface area contributed by atoms with E-state index in [4.69, 9.17) is 5.84 Å². The first-order valence-corrected chi connectivity index (χ1v) is 7.14. The van der Waals surface area contributed by atoms with Crippen molar-refractivity contribution in [1.29, 1.82) is 0 Å². The summed E-state index contributed by atoms with van der Waals surface area (Å²) in [5.41, 5.74) is 2.31. The zero-order valence-corrected chi connectivity index (χ0v) is 11.5. The Balaban J connectivity index is 1.43. The van der Waals surface area contributed by atoms with E-state index in [0.717, 1.165) is 32.2 Å². The van der Waals surface area contributed by atoms with Gasteiger partial charge in [0.05, 0.1) is 12.7 Å². The third-order valence-corrected chi connectivity index (χ3v) is 4.02. The average Bonchev–Trinajstić information content (AvgIpc) is 3.23. The second-order valence-corrected chi connectivity index (χ2v) is 5.45. The van der Waals surface area contributed by atoms with Crippen LogP contribution in [0.2, 0.25) is 0 Å². The maximum absolute atomic E-state index is 11.3. The number of hydrogen-bond acceptors (Lipinski definition) is 6. The van der Waals surface area contributed by atoms with Gasteiger partial charge in [-0.3, -0.25) is 24.7 Å². The summed E-state index contributed by atoms with van der Waals surface area (Å²) in [6.45, 7) is 6.24. The Kier molecular flexibility index (Phi) is 3.95. The topological polar surface area (TPSA) is 92.3 Å².